The van der Waals surface area contributed by atoms with Gasteiger partial charge in [0.25, 0.3) is 0 Å². The Morgan fingerprint density at radius 3 is 1.49 bits per heavy atom. The summed E-state index contributed by atoms with van der Waals surface area (Å²) in [7, 11) is 5.40. The molecule has 8 nitrogen and oxygen atoms in total. The van der Waals surface area contributed by atoms with E-state index in [1.54, 1.807) is 21.1 Å². The molecule has 49 heavy (non-hydrogen) atoms. The largest absolute Gasteiger partial charge is 0.544 e. The van der Waals surface area contributed by atoms with E-state index in [-0.39, 0.29) is 42.7 Å². The average Bonchev–Trinajstić information content (AvgIpc) is 3.05. The van der Waals surface area contributed by atoms with E-state index >= 15 is 0 Å². The predicted molar refractivity (Wildman–Crippen MR) is 199 cm³/mol. The molecule has 0 spiro atoms. The van der Waals surface area contributed by atoms with Gasteiger partial charge in [-0.1, -0.05) is 135 Å². The standard InChI is InChI=1S/C41H77NO7/c1-6-8-10-12-14-16-18-19-20-22-24-26-28-30-32-40(44)49-37(35-47-34-33-38(41(45)46)42(3,4)5)36-48-39(43)31-29-27-25-23-21-17-15-13-11-9-7-2/h20,22,37-38H,6-19,21,23-36H2,1-5H3/b22-20+. The quantitative estimate of drug-likeness (QED) is 0.0279. The van der Waals surface area contributed by atoms with Crippen LogP contribution in [0, 0.1) is 0 Å². The fourth-order valence-corrected chi connectivity index (χ4v) is 5.95. The molecular weight excluding hydrogens is 618 g/mol. The van der Waals surface area contributed by atoms with Crippen molar-refractivity contribution in [3.05, 3.63) is 12.2 Å². The number of carbonyl (C=O) groups excluding carboxylic acids is 3. The van der Waals surface area contributed by atoms with Crippen LogP contribution in [-0.2, 0) is 28.6 Å². The molecule has 0 N–H and O–H groups in total. The fourth-order valence-electron chi connectivity index (χ4n) is 5.95. The van der Waals surface area contributed by atoms with Crippen LogP contribution >= 0.6 is 0 Å². The predicted octanol–water partition coefficient (Wildman–Crippen LogP) is 9.02. The van der Waals surface area contributed by atoms with Crippen molar-refractivity contribution in [3.8, 4) is 0 Å². The molecule has 0 saturated carbocycles. The number of hydrogen-bond acceptors (Lipinski definition) is 7. The van der Waals surface area contributed by atoms with E-state index in [0.29, 0.717) is 12.8 Å². The van der Waals surface area contributed by atoms with Crippen molar-refractivity contribution in [3.63, 3.8) is 0 Å². The fraction of sp³-hybridized carbons (Fsp3) is 0.878. The summed E-state index contributed by atoms with van der Waals surface area (Å²) in [6.45, 7) is 4.64. The third-order valence-electron chi connectivity index (χ3n) is 9.15. The van der Waals surface area contributed by atoms with Gasteiger partial charge in [-0.2, -0.15) is 0 Å². The summed E-state index contributed by atoms with van der Waals surface area (Å²) >= 11 is 0. The summed E-state index contributed by atoms with van der Waals surface area (Å²) in [6, 6.07) is -0.722. The Morgan fingerprint density at radius 2 is 1.02 bits per heavy atom. The number of aliphatic carboxylic acids is 1. The second-order valence-electron chi connectivity index (χ2n) is 14.9. The number of hydrogen-bond donors (Lipinski definition) is 0. The van der Waals surface area contributed by atoms with Gasteiger partial charge in [-0.3, -0.25) is 9.59 Å². The molecule has 0 saturated heterocycles. The van der Waals surface area contributed by atoms with Gasteiger partial charge in [0, 0.05) is 19.3 Å². The van der Waals surface area contributed by atoms with Gasteiger partial charge in [-0.25, -0.2) is 0 Å². The highest BCUT2D eigenvalue weighted by Gasteiger charge is 2.25. The van der Waals surface area contributed by atoms with Crippen LogP contribution in [0.15, 0.2) is 12.2 Å². The third kappa shape index (κ3) is 31.8. The normalized spacial score (nSPS) is 13.1. The molecule has 0 aliphatic carbocycles. The number of unbranched alkanes of at least 4 members (excludes halogenated alkanes) is 20. The molecule has 2 unspecified atom stereocenters. The number of quaternary nitrogens is 1. The Balaban J connectivity index is 4.41. The van der Waals surface area contributed by atoms with E-state index in [9.17, 15) is 19.5 Å². The summed E-state index contributed by atoms with van der Waals surface area (Å²) in [5, 5.41) is 11.6. The first-order valence-electron chi connectivity index (χ1n) is 20.2. The highest BCUT2D eigenvalue weighted by atomic mass is 16.6. The average molecular weight is 696 g/mol. The van der Waals surface area contributed by atoms with Crippen LogP contribution in [0.5, 0.6) is 0 Å². The minimum absolute atomic E-state index is 0.0396. The number of rotatable bonds is 36. The van der Waals surface area contributed by atoms with Crippen molar-refractivity contribution in [2.75, 3.05) is 41.0 Å². The molecular formula is C41H77NO7. The van der Waals surface area contributed by atoms with Crippen molar-refractivity contribution < 1.29 is 38.2 Å². The molecule has 0 bridgehead atoms. The Hall–Kier alpha value is -1.93. The zero-order valence-electron chi connectivity index (χ0n) is 32.6. The van der Waals surface area contributed by atoms with Crippen LogP contribution in [0.2, 0.25) is 0 Å². The molecule has 0 rings (SSSR count). The van der Waals surface area contributed by atoms with Gasteiger partial charge >= 0.3 is 11.9 Å². The van der Waals surface area contributed by atoms with Crippen LogP contribution in [-0.4, -0.2) is 75.5 Å². The van der Waals surface area contributed by atoms with E-state index in [2.05, 4.69) is 26.0 Å². The Labute approximate surface area is 301 Å². The van der Waals surface area contributed by atoms with Gasteiger partial charge in [0.15, 0.2) is 6.10 Å². The first-order valence-corrected chi connectivity index (χ1v) is 20.2. The highest BCUT2D eigenvalue weighted by molar-refractivity contribution is 5.70. The van der Waals surface area contributed by atoms with Crippen LogP contribution in [0.3, 0.4) is 0 Å². The van der Waals surface area contributed by atoms with Crippen molar-refractivity contribution in [2.45, 2.75) is 193 Å². The Bertz CT molecular complexity index is 823. The van der Waals surface area contributed by atoms with Crippen molar-refractivity contribution in [1.82, 2.24) is 0 Å². The number of allylic oxidation sites excluding steroid dienone is 2. The lowest BCUT2D eigenvalue weighted by molar-refractivity contribution is -0.889. The van der Waals surface area contributed by atoms with E-state index in [1.807, 2.05) is 0 Å². The van der Waals surface area contributed by atoms with Gasteiger partial charge in [0.2, 0.25) is 0 Å². The molecule has 0 aromatic carbocycles. The van der Waals surface area contributed by atoms with Gasteiger partial charge < -0.3 is 28.6 Å². The molecule has 0 heterocycles. The van der Waals surface area contributed by atoms with Crippen LogP contribution < -0.4 is 5.11 Å². The molecule has 0 amide bonds. The monoisotopic (exact) mass is 696 g/mol. The number of ether oxygens (including phenoxy) is 3. The van der Waals surface area contributed by atoms with Crippen LogP contribution in [0.25, 0.3) is 0 Å². The second kappa shape index (κ2) is 33.2. The van der Waals surface area contributed by atoms with Gasteiger partial charge in [0.05, 0.1) is 40.3 Å². The topological polar surface area (TPSA) is 102 Å². The molecule has 0 aliphatic rings. The minimum atomic E-state index is -1.13. The molecule has 0 aromatic rings. The molecule has 0 aliphatic heterocycles. The summed E-state index contributed by atoms with van der Waals surface area (Å²) in [6.07, 6.45) is 32.3. The zero-order valence-corrected chi connectivity index (χ0v) is 32.6. The lowest BCUT2D eigenvalue weighted by Crippen LogP contribution is -2.55. The van der Waals surface area contributed by atoms with E-state index in [0.717, 1.165) is 51.4 Å². The van der Waals surface area contributed by atoms with Crippen molar-refractivity contribution in [2.24, 2.45) is 0 Å². The first-order chi connectivity index (χ1) is 23.6. The SMILES string of the molecule is CCCCCCCCC/C=C/CCCCCC(=O)OC(COCCC(C(=O)[O-])[N+](C)(C)C)COC(=O)CCCCCCCCCCCCC. The van der Waals surface area contributed by atoms with Crippen molar-refractivity contribution >= 4 is 17.9 Å². The van der Waals surface area contributed by atoms with Gasteiger partial charge in [-0.15, -0.1) is 0 Å². The Morgan fingerprint density at radius 1 is 0.592 bits per heavy atom. The van der Waals surface area contributed by atoms with Crippen LogP contribution in [0.4, 0.5) is 0 Å². The molecule has 8 heteroatoms. The van der Waals surface area contributed by atoms with Gasteiger partial charge in [-0.05, 0) is 38.5 Å². The highest BCUT2D eigenvalue weighted by Crippen LogP contribution is 2.14. The van der Waals surface area contributed by atoms with Crippen molar-refractivity contribution in [1.29, 1.82) is 0 Å². The maximum absolute atomic E-state index is 12.6. The zero-order chi connectivity index (χ0) is 36.4. The minimum Gasteiger partial charge on any atom is -0.544 e. The lowest BCUT2D eigenvalue weighted by atomic mass is 10.1. The summed E-state index contributed by atoms with van der Waals surface area (Å²) < 4.78 is 17.1. The molecule has 288 valence electrons. The number of likely N-dealkylation sites (N-methyl/N-ethyl adjacent to an activating group) is 1. The number of carboxylic acids is 1. The van der Waals surface area contributed by atoms with E-state index in [4.69, 9.17) is 14.2 Å². The maximum atomic E-state index is 12.6. The summed E-state index contributed by atoms with van der Waals surface area (Å²) in [5.74, 6) is -1.75. The number of esters is 2. The number of carbonyl (C=O) groups is 3. The van der Waals surface area contributed by atoms with Gasteiger partial charge in [0.1, 0.15) is 12.6 Å². The summed E-state index contributed by atoms with van der Waals surface area (Å²) in [5.41, 5.74) is 0. The molecule has 2 atom stereocenters. The summed E-state index contributed by atoms with van der Waals surface area (Å²) in [4.78, 5) is 36.7. The number of nitrogens with zero attached hydrogens (tertiary/aromatic N) is 1. The van der Waals surface area contributed by atoms with Crippen LogP contribution in [0.1, 0.15) is 181 Å². The van der Waals surface area contributed by atoms with E-state index in [1.165, 1.54) is 96.3 Å². The smallest absolute Gasteiger partial charge is 0.306 e. The molecule has 0 radical (unpaired) electrons. The molecule has 0 fully saturated rings. The lowest BCUT2D eigenvalue weighted by Gasteiger charge is -2.34. The Kier molecular flexibility index (Phi) is 31.9. The first kappa shape index (κ1) is 47.1. The maximum Gasteiger partial charge on any atom is 0.306 e. The third-order valence-corrected chi connectivity index (χ3v) is 9.15. The molecule has 0 aromatic heterocycles. The number of carboxylic acid groups (broad SMARTS) is 1. The van der Waals surface area contributed by atoms with E-state index < -0.39 is 18.1 Å². The second-order valence-corrected chi connectivity index (χ2v) is 14.9.